The molecule has 4 saturated carbocycles. The van der Waals surface area contributed by atoms with Gasteiger partial charge in [0.2, 0.25) is 5.91 Å². The quantitative estimate of drug-likeness (QED) is 0.860. The third-order valence-corrected chi connectivity index (χ3v) is 6.32. The van der Waals surface area contributed by atoms with E-state index in [0.29, 0.717) is 5.91 Å². The summed E-state index contributed by atoms with van der Waals surface area (Å²) in [6, 6.07) is 0. The first-order valence-corrected chi connectivity index (χ1v) is 8.72. The lowest BCUT2D eigenvalue weighted by Crippen LogP contribution is -2.55. The second kappa shape index (κ2) is 5.24. The maximum absolute atomic E-state index is 13.1. The van der Waals surface area contributed by atoms with Crippen LogP contribution in [-0.2, 0) is 9.53 Å². The minimum atomic E-state index is -0.00834. The number of rotatable bonds is 3. The number of hydrogen-bond acceptors (Lipinski definition) is 3. The number of carbonyl (C=O) groups is 1. The minimum Gasteiger partial charge on any atom is -0.374 e. The molecule has 118 valence electrons. The van der Waals surface area contributed by atoms with E-state index in [1.807, 2.05) is 11.9 Å². The van der Waals surface area contributed by atoms with E-state index in [-0.39, 0.29) is 11.5 Å². The van der Waals surface area contributed by atoms with E-state index in [9.17, 15) is 4.79 Å². The molecule has 21 heavy (non-hydrogen) atoms. The molecule has 1 saturated heterocycles. The lowest BCUT2D eigenvalue weighted by molar-refractivity contribution is -0.158. The molecule has 0 radical (unpaired) electrons. The number of carbonyl (C=O) groups excluding carboxylic acids is 1. The number of hydrogen-bond donors (Lipinski definition) is 1. The highest BCUT2D eigenvalue weighted by molar-refractivity contribution is 5.83. The molecule has 4 heteroatoms. The van der Waals surface area contributed by atoms with Gasteiger partial charge in [-0.3, -0.25) is 4.79 Å². The van der Waals surface area contributed by atoms with Gasteiger partial charge < -0.3 is 15.0 Å². The molecule has 0 aromatic rings. The Labute approximate surface area is 127 Å². The maximum Gasteiger partial charge on any atom is 0.228 e. The van der Waals surface area contributed by atoms with E-state index in [1.54, 1.807) is 0 Å². The summed E-state index contributed by atoms with van der Waals surface area (Å²) in [4.78, 5) is 15.1. The van der Waals surface area contributed by atoms with Gasteiger partial charge in [-0.2, -0.15) is 0 Å². The Morgan fingerprint density at radius 2 is 1.81 bits per heavy atom. The molecule has 0 spiro atoms. The van der Waals surface area contributed by atoms with Gasteiger partial charge in [-0.05, 0) is 56.3 Å². The number of morpholine rings is 1. The fourth-order valence-electron chi connectivity index (χ4n) is 5.90. The Hall–Kier alpha value is -0.610. The molecule has 5 rings (SSSR count). The van der Waals surface area contributed by atoms with Gasteiger partial charge in [0.1, 0.15) is 0 Å². The average molecular weight is 292 g/mol. The summed E-state index contributed by atoms with van der Waals surface area (Å²) < 4.78 is 5.76. The Morgan fingerprint density at radius 1 is 1.19 bits per heavy atom. The van der Waals surface area contributed by atoms with E-state index in [2.05, 4.69) is 5.32 Å². The summed E-state index contributed by atoms with van der Waals surface area (Å²) >= 11 is 0. The molecular formula is C17H28N2O2. The summed E-state index contributed by atoms with van der Waals surface area (Å²) in [6.07, 6.45) is 7.83. The van der Waals surface area contributed by atoms with E-state index in [4.69, 9.17) is 4.74 Å². The highest BCUT2D eigenvalue weighted by Crippen LogP contribution is 2.60. The van der Waals surface area contributed by atoms with Crippen molar-refractivity contribution < 1.29 is 9.53 Å². The van der Waals surface area contributed by atoms with Gasteiger partial charge in [0.05, 0.1) is 18.1 Å². The molecule has 1 heterocycles. The van der Waals surface area contributed by atoms with Gasteiger partial charge in [0.25, 0.3) is 0 Å². The number of amides is 1. The van der Waals surface area contributed by atoms with Crippen molar-refractivity contribution >= 4 is 5.91 Å². The van der Waals surface area contributed by atoms with Crippen LogP contribution in [0.1, 0.15) is 38.5 Å². The first-order valence-electron chi connectivity index (χ1n) is 8.72. The van der Waals surface area contributed by atoms with Crippen LogP contribution < -0.4 is 5.32 Å². The van der Waals surface area contributed by atoms with E-state index in [0.717, 1.165) is 63.3 Å². The molecule has 1 amide bonds. The molecule has 1 N–H and O–H groups in total. The molecule has 1 unspecified atom stereocenters. The molecule has 5 fully saturated rings. The van der Waals surface area contributed by atoms with Gasteiger partial charge in [0.15, 0.2) is 0 Å². The number of likely N-dealkylation sites (N-methyl/N-ethyl adjacent to an activating group) is 1. The lowest BCUT2D eigenvalue weighted by atomic mass is 9.49. The Balaban J connectivity index is 1.44. The summed E-state index contributed by atoms with van der Waals surface area (Å²) in [5.74, 6) is 2.92. The highest BCUT2D eigenvalue weighted by atomic mass is 16.5. The Morgan fingerprint density at radius 3 is 2.33 bits per heavy atom. The molecule has 0 aromatic heterocycles. The van der Waals surface area contributed by atoms with Crippen LogP contribution in [-0.4, -0.2) is 50.2 Å². The van der Waals surface area contributed by atoms with Crippen molar-refractivity contribution in [2.24, 2.45) is 23.2 Å². The summed E-state index contributed by atoms with van der Waals surface area (Å²) in [7, 11) is 1.99. The first-order chi connectivity index (χ1) is 10.1. The monoisotopic (exact) mass is 292 g/mol. The van der Waals surface area contributed by atoms with Crippen LogP contribution in [0.5, 0.6) is 0 Å². The summed E-state index contributed by atoms with van der Waals surface area (Å²) in [5, 5.41) is 3.35. The van der Waals surface area contributed by atoms with E-state index >= 15 is 0 Å². The predicted molar refractivity (Wildman–Crippen MR) is 80.9 cm³/mol. The van der Waals surface area contributed by atoms with Crippen molar-refractivity contribution in [1.82, 2.24) is 10.2 Å². The fourth-order valence-corrected chi connectivity index (χ4v) is 5.90. The van der Waals surface area contributed by atoms with Crippen LogP contribution in [0.2, 0.25) is 0 Å². The van der Waals surface area contributed by atoms with Gasteiger partial charge in [-0.1, -0.05) is 0 Å². The maximum atomic E-state index is 13.1. The van der Waals surface area contributed by atoms with Crippen LogP contribution in [0.25, 0.3) is 0 Å². The Kier molecular flexibility index (Phi) is 3.49. The van der Waals surface area contributed by atoms with Crippen molar-refractivity contribution in [3.63, 3.8) is 0 Å². The SMILES string of the molecule is CN(CC1CNCCO1)C(=O)C12CC3CC(CC(C3)C1)C2. The van der Waals surface area contributed by atoms with Gasteiger partial charge in [-0.15, -0.1) is 0 Å². The second-order valence-corrected chi connectivity index (χ2v) is 8.08. The fraction of sp³-hybridized carbons (Fsp3) is 0.941. The van der Waals surface area contributed by atoms with Crippen molar-refractivity contribution in [2.75, 3.05) is 33.3 Å². The number of nitrogens with zero attached hydrogens (tertiary/aromatic N) is 1. The van der Waals surface area contributed by atoms with E-state index in [1.165, 1.54) is 19.3 Å². The van der Waals surface area contributed by atoms with Crippen molar-refractivity contribution in [3.05, 3.63) is 0 Å². The molecule has 5 aliphatic rings. The second-order valence-electron chi connectivity index (χ2n) is 8.08. The Bertz CT molecular complexity index is 382. The summed E-state index contributed by atoms with van der Waals surface area (Å²) in [6.45, 7) is 3.32. The zero-order chi connectivity index (χ0) is 14.4. The predicted octanol–water partition coefficient (Wildman–Crippen LogP) is 1.65. The van der Waals surface area contributed by atoms with Gasteiger partial charge >= 0.3 is 0 Å². The third-order valence-electron chi connectivity index (χ3n) is 6.32. The van der Waals surface area contributed by atoms with Crippen molar-refractivity contribution in [1.29, 1.82) is 0 Å². The number of nitrogens with one attached hydrogen (secondary N) is 1. The standard InChI is InChI=1S/C17H28N2O2/c1-19(11-15-10-18-2-3-21-15)16(20)17-7-12-4-13(8-17)6-14(5-12)9-17/h12-15,18H,2-11H2,1H3. The molecule has 4 bridgehead atoms. The van der Waals surface area contributed by atoms with Crippen molar-refractivity contribution in [3.8, 4) is 0 Å². The molecule has 1 atom stereocenters. The average Bonchev–Trinajstić information content (AvgIpc) is 2.46. The van der Waals surface area contributed by atoms with Crippen molar-refractivity contribution in [2.45, 2.75) is 44.6 Å². The highest BCUT2D eigenvalue weighted by Gasteiger charge is 2.55. The van der Waals surface area contributed by atoms with Crippen LogP contribution in [0.4, 0.5) is 0 Å². The summed E-state index contributed by atoms with van der Waals surface area (Å²) in [5.41, 5.74) is -0.00834. The van der Waals surface area contributed by atoms with Gasteiger partial charge in [-0.25, -0.2) is 0 Å². The topological polar surface area (TPSA) is 41.6 Å². The normalized spacial score (nSPS) is 44.8. The number of ether oxygens (including phenoxy) is 1. The van der Waals surface area contributed by atoms with Crippen LogP contribution >= 0.6 is 0 Å². The van der Waals surface area contributed by atoms with Gasteiger partial charge in [0, 0.05) is 26.7 Å². The van der Waals surface area contributed by atoms with E-state index < -0.39 is 0 Å². The van der Waals surface area contributed by atoms with Crippen LogP contribution in [0, 0.1) is 23.2 Å². The molecule has 4 aliphatic carbocycles. The largest absolute Gasteiger partial charge is 0.374 e. The lowest BCUT2D eigenvalue weighted by Gasteiger charge is -2.56. The van der Waals surface area contributed by atoms with Crippen LogP contribution in [0.3, 0.4) is 0 Å². The first kappa shape index (κ1) is 14.0. The molecule has 1 aliphatic heterocycles. The third kappa shape index (κ3) is 2.50. The minimum absolute atomic E-state index is 0.00834. The van der Waals surface area contributed by atoms with Crippen LogP contribution in [0.15, 0.2) is 0 Å². The molecule has 4 nitrogen and oxygen atoms in total. The molecular weight excluding hydrogens is 264 g/mol. The smallest absolute Gasteiger partial charge is 0.228 e. The zero-order valence-electron chi connectivity index (χ0n) is 13.1. The zero-order valence-corrected chi connectivity index (χ0v) is 13.1. The molecule has 0 aromatic carbocycles.